The summed E-state index contributed by atoms with van der Waals surface area (Å²) in [4.78, 5) is 25.2. The number of para-hydroxylation sites is 2. The summed E-state index contributed by atoms with van der Waals surface area (Å²) in [5.41, 5.74) is 6.55. The summed E-state index contributed by atoms with van der Waals surface area (Å²) in [5, 5.41) is 0. The van der Waals surface area contributed by atoms with Gasteiger partial charge in [0.2, 0.25) is 0 Å². The molecule has 2 N–H and O–H groups in total. The van der Waals surface area contributed by atoms with Crippen LogP contribution in [0.15, 0.2) is 78.9 Å². The molecule has 3 rings (SSSR count). The van der Waals surface area contributed by atoms with E-state index >= 15 is 0 Å². The average molecular weight is 404 g/mol. The number of carbonyl (C=O) groups excluding carboxylic acids is 2. The van der Waals surface area contributed by atoms with Gasteiger partial charge in [-0.2, -0.15) is 0 Å². The largest absolute Gasteiger partial charge is 0.493 e. The van der Waals surface area contributed by atoms with Crippen molar-refractivity contribution in [3.8, 4) is 11.5 Å². The Balaban J connectivity index is 1.63. The number of rotatable bonds is 8. The fourth-order valence-electron chi connectivity index (χ4n) is 2.76. The highest BCUT2D eigenvalue weighted by molar-refractivity contribution is 6.01. The molecule has 0 spiro atoms. The summed E-state index contributed by atoms with van der Waals surface area (Å²) < 4.78 is 11.4. The van der Waals surface area contributed by atoms with Gasteiger partial charge >= 0.3 is 0 Å². The molecule has 3 aromatic carbocycles. The van der Waals surface area contributed by atoms with E-state index in [-0.39, 0.29) is 0 Å². The van der Waals surface area contributed by atoms with E-state index in [4.69, 9.17) is 9.47 Å². The third-order valence-electron chi connectivity index (χ3n) is 4.25. The van der Waals surface area contributed by atoms with Crippen LogP contribution in [0.25, 0.3) is 0 Å². The van der Waals surface area contributed by atoms with Gasteiger partial charge in [-0.25, -0.2) is 0 Å². The summed E-state index contributed by atoms with van der Waals surface area (Å²) in [6.45, 7) is 2.82. The van der Waals surface area contributed by atoms with Crippen LogP contribution in [0.5, 0.6) is 11.5 Å². The molecule has 154 valence electrons. The van der Waals surface area contributed by atoms with Crippen LogP contribution in [0.2, 0.25) is 0 Å². The van der Waals surface area contributed by atoms with Crippen LogP contribution in [0.1, 0.15) is 39.6 Å². The van der Waals surface area contributed by atoms with Crippen LogP contribution in [0.3, 0.4) is 0 Å². The van der Waals surface area contributed by atoms with Crippen LogP contribution in [0, 0.1) is 0 Å². The number of hydrazine groups is 1. The van der Waals surface area contributed by atoms with Gasteiger partial charge in [-0.15, -0.1) is 0 Å². The second-order valence-corrected chi connectivity index (χ2v) is 6.52. The molecule has 6 nitrogen and oxygen atoms in total. The first-order chi connectivity index (χ1) is 14.7. The molecule has 0 fully saturated rings. The minimum Gasteiger partial charge on any atom is -0.493 e. The molecule has 0 heterocycles. The maximum atomic E-state index is 12.6. The summed E-state index contributed by atoms with van der Waals surface area (Å²) >= 11 is 0. The van der Waals surface area contributed by atoms with Crippen molar-refractivity contribution in [3.05, 3.63) is 95.6 Å². The Morgan fingerprint density at radius 2 is 1.20 bits per heavy atom. The molecule has 0 aromatic heterocycles. The van der Waals surface area contributed by atoms with Crippen LogP contribution in [-0.2, 0) is 6.61 Å². The highest BCUT2D eigenvalue weighted by Crippen LogP contribution is 2.20. The number of hydrogen-bond acceptors (Lipinski definition) is 4. The third kappa shape index (κ3) is 5.61. The Hall–Kier alpha value is -3.80. The zero-order valence-electron chi connectivity index (χ0n) is 16.8. The lowest BCUT2D eigenvalue weighted by Crippen LogP contribution is -2.41. The van der Waals surface area contributed by atoms with Gasteiger partial charge in [0.25, 0.3) is 11.8 Å². The van der Waals surface area contributed by atoms with Crippen molar-refractivity contribution >= 4 is 11.8 Å². The fraction of sp³-hybridized carbons (Fsp3) is 0.167. The molecule has 6 heteroatoms. The summed E-state index contributed by atoms with van der Waals surface area (Å²) in [6.07, 6.45) is 0.826. The molecular weight excluding hydrogens is 380 g/mol. The Labute approximate surface area is 175 Å². The smallest absolute Gasteiger partial charge is 0.273 e. The Morgan fingerprint density at radius 3 is 1.77 bits per heavy atom. The van der Waals surface area contributed by atoms with E-state index < -0.39 is 11.8 Å². The van der Waals surface area contributed by atoms with E-state index in [2.05, 4.69) is 10.9 Å². The predicted octanol–water partition coefficient (Wildman–Crippen LogP) is 4.13. The van der Waals surface area contributed by atoms with Gasteiger partial charge in [-0.1, -0.05) is 61.5 Å². The topological polar surface area (TPSA) is 76.7 Å². The zero-order chi connectivity index (χ0) is 21.2. The molecule has 0 unspecified atom stereocenters. The Kier molecular flexibility index (Phi) is 7.44. The van der Waals surface area contributed by atoms with E-state index in [9.17, 15) is 9.59 Å². The standard InChI is InChI=1S/C24H24N2O4/c1-2-16-29-21-14-8-6-12-19(21)23(27)25-26-24(28)20-13-7-9-15-22(20)30-17-18-10-4-3-5-11-18/h3-15H,2,16-17H2,1H3,(H,25,27)(H,26,28). The highest BCUT2D eigenvalue weighted by Gasteiger charge is 2.16. The molecule has 2 amide bonds. The summed E-state index contributed by atoms with van der Waals surface area (Å²) in [6, 6.07) is 23.4. The van der Waals surface area contributed by atoms with Crippen molar-refractivity contribution in [2.24, 2.45) is 0 Å². The van der Waals surface area contributed by atoms with Crippen molar-refractivity contribution in [3.63, 3.8) is 0 Å². The quantitative estimate of drug-likeness (QED) is 0.554. The first-order valence-corrected chi connectivity index (χ1v) is 9.77. The number of ether oxygens (including phenoxy) is 2. The van der Waals surface area contributed by atoms with Gasteiger partial charge in [0, 0.05) is 0 Å². The summed E-state index contributed by atoms with van der Waals surface area (Å²) in [5.74, 6) is -0.0332. The molecule has 0 aliphatic heterocycles. The molecule has 0 aliphatic carbocycles. The second-order valence-electron chi connectivity index (χ2n) is 6.52. The van der Waals surface area contributed by atoms with Gasteiger partial charge in [-0.05, 0) is 36.2 Å². The number of nitrogens with one attached hydrogen (secondary N) is 2. The predicted molar refractivity (Wildman–Crippen MR) is 114 cm³/mol. The molecule has 0 aliphatic rings. The van der Waals surface area contributed by atoms with Gasteiger partial charge < -0.3 is 9.47 Å². The first kappa shape index (κ1) is 20.9. The lowest BCUT2D eigenvalue weighted by Gasteiger charge is -2.14. The fourth-order valence-corrected chi connectivity index (χ4v) is 2.76. The van der Waals surface area contributed by atoms with Crippen molar-refractivity contribution in [1.29, 1.82) is 0 Å². The van der Waals surface area contributed by atoms with E-state index in [1.165, 1.54) is 0 Å². The number of carbonyl (C=O) groups is 2. The van der Waals surface area contributed by atoms with Crippen LogP contribution in [-0.4, -0.2) is 18.4 Å². The van der Waals surface area contributed by atoms with Gasteiger partial charge in [0.1, 0.15) is 18.1 Å². The second kappa shape index (κ2) is 10.7. The maximum Gasteiger partial charge on any atom is 0.273 e. The third-order valence-corrected chi connectivity index (χ3v) is 4.25. The first-order valence-electron chi connectivity index (χ1n) is 9.77. The van der Waals surface area contributed by atoms with Crippen molar-refractivity contribution < 1.29 is 19.1 Å². The molecule has 0 saturated heterocycles. The zero-order valence-corrected chi connectivity index (χ0v) is 16.8. The molecule has 30 heavy (non-hydrogen) atoms. The van der Waals surface area contributed by atoms with Gasteiger partial charge in [0.05, 0.1) is 17.7 Å². The minimum absolute atomic E-state index is 0.323. The van der Waals surface area contributed by atoms with Crippen molar-refractivity contribution in [2.45, 2.75) is 20.0 Å². The van der Waals surface area contributed by atoms with E-state index in [1.54, 1.807) is 48.5 Å². The van der Waals surface area contributed by atoms with E-state index in [1.807, 2.05) is 37.3 Å². The van der Waals surface area contributed by atoms with Crippen LogP contribution >= 0.6 is 0 Å². The summed E-state index contributed by atoms with van der Waals surface area (Å²) in [7, 11) is 0. The highest BCUT2D eigenvalue weighted by atomic mass is 16.5. The monoisotopic (exact) mass is 404 g/mol. The van der Waals surface area contributed by atoms with Crippen molar-refractivity contribution in [2.75, 3.05) is 6.61 Å². The van der Waals surface area contributed by atoms with Crippen LogP contribution < -0.4 is 20.3 Å². The lowest BCUT2D eigenvalue weighted by atomic mass is 10.2. The molecule has 0 radical (unpaired) electrons. The van der Waals surface area contributed by atoms with Gasteiger partial charge in [-0.3, -0.25) is 20.4 Å². The average Bonchev–Trinajstić information content (AvgIpc) is 2.80. The molecule has 3 aromatic rings. The normalized spacial score (nSPS) is 10.2. The minimum atomic E-state index is -0.473. The number of benzene rings is 3. The Morgan fingerprint density at radius 1 is 0.700 bits per heavy atom. The molecule has 0 atom stereocenters. The van der Waals surface area contributed by atoms with E-state index in [0.29, 0.717) is 35.8 Å². The Bertz CT molecular complexity index is 989. The van der Waals surface area contributed by atoms with Crippen molar-refractivity contribution in [1.82, 2.24) is 10.9 Å². The molecule has 0 saturated carbocycles. The molecular formula is C24H24N2O4. The van der Waals surface area contributed by atoms with Crippen LogP contribution in [0.4, 0.5) is 0 Å². The lowest BCUT2D eigenvalue weighted by molar-refractivity contribution is 0.0841. The number of amides is 2. The van der Waals surface area contributed by atoms with Gasteiger partial charge in [0.15, 0.2) is 0 Å². The maximum absolute atomic E-state index is 12.6. The molecule has 0 bridgehead atoms. The number of hydrogen-bond donors (Lipinski definition) is 2. The SMILES string of the molecule is CCCOc1ccccc1C(=O)NNC(=O)c1ccccc1OCc1ccccc1. The van der Waals surface area contributed by atoms with E-state index in [0.717, 1.165) is 12.0 Å².